The maximum absolute atomic E-state index is 12.5. The van der Waals surface area contributed by atoms with Crippen LogP contribution in [0.4, 0.5) is 0 Å². The third kappa shape index (κ3) is 4.28. The number of nitrogens with zero attached hydrogens (tertiary/aromatic N) is 3. The number of carbonyl (C=O) groups excluding carboxylic acids is 1. The first-order chi connectivity index (χ1) is 14.5. The van der Waals surface area contributed by atoms with Gasteiger partial charge in [-0.25, -0.2) is 4.79 Å². The van der Waals surface area contributed by atoms with Gasteiger partial charge in [-0.05, 0) is 61.3 Å². The van der Waals surface area contributed by atoms with E-state index in [2.05, 4.69) is 15.0 Å². The van der Waals surface area contributed by atoms with E-state index in [9.17, 15) is 9.59 Å². The first-order valence-electron chi connectivity index (χ1n) is 9.98. The molecule has 156 valence electrons. The number of piperidine rings is 1. The van der Waals surface area contributed by atoms with Crippen LogP contribution in [0.25, 0.3) is 5.69 Å². The highest BCUT2D eigenvalue weighted by Gasteiger charge is 2.25. The van der Waals surface area contributed by atoms with E-state index in [0.29, 0.717) is 17.1 Å². The number of primary amides is 1. The fourth-order valence-corrected chi connectivity index (χ4v) is 3.88. The minimum absolute atomic E-state index is 0.163. The summed E-state index contributed by atoms with van der Waals surface area (Å²) >= 11 is 0. The molecule has 1 saturated heterocycles. The van der Waals surface area contributed by atoms with Gasteiger partial charge in [0, 0.05) is 24.6 Å². The monoisotopic (exact) mass is 407 g/mol. The summed E-state index contributed by atoms with van der Waals surface area (Å²) in [4.78, 5) is 29.0. The Bertz CT molecular complexity index is 1070. The number of aromatic amines is 1. The van der Waals surface area contributed by atoms with E-state index >= 15 is 0 Å². The zero-order valence-corrected chi connectivity index (χ0v) is 16.9. The average molecular weight is 407 g/mol. The molecule has 0 radical (unpaired) electrons. The molecule has 1 amide bonds. The van der Waals surface area contributed by atoms with E-state index in [1.165, 1.54) is 4.68 Å². The van der Waals surface area contributed by atoms with E-state index in [4.69, 9.17) is 10.5 Å². The van der Waals surface area contributed by atoms with Crippen LogP contribution in [0.2, 0.25) is 0 Å². The second-order valence-corrected chi connectivity index (χ2v) is 7.56. The Hall–Kier alpha value is -3.39. The predicted molar refractivity (Wildman–Crippen MR) is 113 cm³/mol. The van der Waals surface area contributed by atoms with Crippen LogP contribution in [0.15, 0.2) is 53.3 Å². The van der Waals surface area contributed by atoms with E-state index in [0.717, 1.165) is 43.8 Å². The lowest BCUT2D eigenvalue weighted by Gasteiger charge is -2.31. The van der Waals surface area contributed by atoms with Crippen LogP contribution in [0.5, 0.6) is 5.75 Å². The van der Waals surface area contributed by atoms with Gasteiger partial charge >= 0.3 is 5.69 Å². The third-order valence-corrected chi connectivity index (χ3v) is 5.49. The Labute approximate surface area is 174 Å². The zero-order valence-electron chi connectivity index (χ0n) is 16.9. The highest BCUT2D eigenvalue weighted by Crippen LogP contribution is 2.25. The molecule has 1 aliphatic rings. The molecule has 3 aromatic rings. The molecule has 1 aromatic heterocycles. The summed E-state index contributed by atoms with van der Waals surface area (Å²) in [6, 6.07) is 14.6. The maximum Gasteiger partial charge on any atom is 0.348 e. The number of benzene rings is 2. The highest BCUT2D eigenvalue weighted by atomic mass is 16.5. The molecule has 1 atom stereocenters. The number of amides is 1. The van der Waals surface area contributed by atoms with Crippen molar-refractivity contribution in [2.45, 2.75) is 25.3 Å². The molecule has 0 unspecified atom stereocenters. The Kier molecular flexibility index (Phi) is 5.67. The fraction of sp³-hybridized carbons (Fsp3) is 0.318. The van der Waals surface area contributed by atoms with Gasteiger partial charge in [-0.2, -0.15) is 4.68 Å². The molecule has 1 fully saturated rings. The van der Waals surface area contributed by atoms with Crippen molar-refractivity contribution in [3.05, 3.63) is 76.0 Å². The van der Waals surface area contributed by atoms with Crippen molar-refractivity contribution >= 4 is 5.91 Å². The first kappa shape index (κ1) is 19.9. The molecule has 0 bridgehead atoms. The molecule has 0 aliphatic carbocycles. The number of carbonyl (C=O) groups is 1. The number of nitrogens with two attached hydrogens (primary N) is 1. The van der Waals surface area contributed by atoms with Crippen molar-refractivity contribution < 1.29 is 9.53 Å². The lowest BCUT2D eigenvalue weighted by Crippen LogP contribution is -2.34. The number of rotatable bonds is 6. The quantitative estimate of drug-likeness (QED) is 0.650. The second kappa shape index (κ2) is 8.54. The van der Waals surface area contributed by atoms with Gasteiger partial charge < -0.3 is 10.5 Å². The Morgan fingerprint density at radius 2 is 1.93 bits per heavy atom. The van der Waals surface area contributed by atoms with E-state index in [1.807, 2.05) is 36.4 Å². The Morgan fingerprint density at radius 3 is 2.60 bits per heavy atom. The van der Waals surface area contributed by atoms with Crippen LogP contribution in [0.1, 0.15) is 40.5 Å². The minimum Gasteiger partial charge on any atom is -0.497 e. The number of hydrogen-bond acceptors (Lipinski definition) is 5. The van der Waals surface area contributed by atoms with E-state index < -0.39 is 5.91 Å². The van der Waals surface area contributed by atoms with E-state index in [-0.39, 0.29) is 11.6 Å². The van der Waals surface area contributed by atoms with Gasteiger partial charge in [-0.3, -0.25) is 14.7 Å². The normalized spacial score (nSPS) is 17.0. The molecule has 3 N–H and O–H groups in total. The van der Waals surface area contributed by atoms with Crippen LogP contribution in [0, 0.1) is 0 Å². The van der Waals surface area contributed by atoms with Crippen LogP contribution < -0.4 is 16.2 Å². The molecule has 2 heterocycles. The summed E-state index contributed by atoms with van der Waals surface area (Å²) in [5, 5.41) is 4.56. The van der Waals surface area contributed by atoms with Crippen molar-refractivity contribution in [1.82, 2.24) is 19.7 Å². The van der Waals surface area contributed by atoms with Gasteiger partial charge in [0.05, 0.1) is 12.8 Å². The molecule has 0 saturated carbocycles. The van der Waals surface area contributed by atoms with Gasteiger partial charge in [-0.1, -0.05) is 12.1 Å². The summed E-state index contributed by atoms with van der Waals surface area (Å²) in [5.41, 5.74) is 7.40. The van der Waals surface area contributed by atoms with E-state index in [1.54, 1.807) is 19.2 Å². The summed E-state index contributed by atoms with van der Waals surface area (Å²) in [6.07, 6.45) is 2.01. The van der Waals surface area contributed by atoms with Gasteiger partial charge in [0.1, 0.15) is 11.6 Å². The fourth-order valence-electron chi connectivity index (χ4n) is 3.88. The van der Waals surface area contributed by atoms with Crippen LogP contribution >= 0.6 is 0 Å². The number of H-pyrrole nitrogens is 1. The van der Waals surface area contributed by atoms with Crippen molar-refractivity contribution in [3.63, 3.8) is 0 Å². The highest BCUT2D eigenvalue weighted by molar-refractivity contribution is 5.92. The van der Waals surface area contributed by atoms with Gasteiger partial charge in [0.15, 0.2) is 0 Å². The molecule has 0 spiro atoms. The number of likely N-dealkylation sites (tertiary alicyclic amines) is 1. The summed E-state index contributed by atoms with van der Waals surface area (Å²) < 4.78 is 6.57. The molecule has 4 rings (SSSR count). The lowest BCUT2D eigenvalue weighted by molar-refractivity contribution is 0.1000. The van der Waals surface area contributed by atoms with Crippen LogP contribution in [-0.4, -0.2) is 45.8 Å². The summed E-state index contributed by atoms with van der Waals surface area (Å²) in [6.45, 7) is 2.57. The predicted octanol–water partition coefficient (Wildman–Crippen LogP) is 2.05. The molecule has 8 nitrogen and oxygen atoms in total. The Balaban J connectivity index is 1.46. The van der Waals surface area contributed by atoms with Crippen LogP contribution in [0.3, 0.4) is 0 Å². The van der Waals surface area contributed by atoms with Gasteiger partial charge in [-0.15, -0.1) is 5.10 Å². The number of aromatic nitrogens is 3. The smallest absolute Gasteiger partial charge is 0.348 e. The number of ether oxygens (including phenoxy) is 1. The average Bonchev–Trinajstić information content (AvgIpc) is 3.16. The summed E-state index contributed by atoms with van der Waals surface area (Å²) in [5.74, 6) is 1.19. The third-order valence-electron chi connectivity index (χ3n) is 5.49. The molecule has 1 aliphatic heterocycles. The first-order valence-corrected chi connectivity index (χ1v) is 9.98. The van der Waals surface area contributed by atoms with Crippen molar-refractivity contribution in [1.29, 1.82) is 0 Å². The standard InChI is InChI=1S/C22H25N5O3/c1-30-19-10-8-18(9-11-19)27-22(29)24-21(25-27)17-3-2-12-26(14-17)13-15-4-6-16(7-5-15)20(23)28/h4-11,17H,2-3,12-14H2,1H3,(H2,23,28)(H,24,25,29)/t17-/m0/s1. The number of nitrogens with one attached hydrogen (secondary N) is 1. The largest absolute Gasteiger partial charge is 0.497 e. The van der Waals surface area contributed by atoms with Crippen molar-refractivity contribution in [2.24, 2.45) is 5.73 Å². The Morgan fingerprint density at radius 1 is 1.20 bits per heavy atom. The zero-order chi connectivity index (χ0) is 21.1. The minimum atomic E-state index is -0.420. The number of hydrogen-bond donors (Lipinski definition) is 2. The topological polar surface area (TPSA) is 106 Å². The lowest BCUT2D eigenvalue weighted by atomic mass is 9.97. The second-order valence-electron chi connectivity index (χ2n) is 7.56. The van der Waals surface area contributed by atoms with Crippen LogP contribution in [-0.2, 0) is 6.54 Å². The molecule has 30 heavy (non-hydrogen) atoms. The SMILES string of the molecule is COc1ccc(-n2nc([C@H]3CCCN(Cc4ccc(C(N)=O)cc4)C3)[nH]c2=O)cc1. The van der Waals surface area contributed by atoms with Crippen molar-refractivity contribution in [3.8, 4) is 11.4 Å². The van der Waals surface area contributed by atoms with Gasteiger partial charge in [0.2, 0.25) is 5.91 Å². The molecular weight excluding hydrogens is 382 g/mol. The summed E-state index contributed by atoms with van der Waals surface area (Å²) in [7, 11) is 1.61. The molecular formula is C22H25N5O3. The van der Waals surface area contributed by atoms with Gasteiger partial charge in [0.25, 0.3) is 0 Å². The maximum atomic E-state index is 12.5. The molecule has 2 aromatic carbocycles. The number of methoxy groups -OCH3 is 1. The molecule has 8 heteroatoms. The van der Waals surface area contributed by atoms with Crippen molar-refractivity contribution in [2.75, 3.05) is 20.2 Å².